The van der Waals surface area contributed by atoms with Gasteiger partial charge < -0.3 is 5.32 Å². The predicted octanol–water partition coefficient (Wildman–Crippen LogP) is 4.68. The number of anilines is 1. The third kappa shape index (κ3) is 3.06. The lowest BCUT2D eigenvalue weighted by Crippen LogP contribution is -2.03. The molecule has 0 spiro atoms. The third-order valence-corrected chi connectivity index (χ3v) is 4.61. The van der Waals surface area contributed by atoms with E-state index in [1.165, 1.54) is 4.90 Å². The second kappa shape index (κ2) is 6.59. The zero-order chi connectivity index (χ0) is 15.5. The van der Waals surface area contributed by atoms with Crippen LogP contribution in [-0.4, -0.2) is 18.0 Å². The molecule has 0 radical (unpaired) electrons. The zero-order valence-electron chi connectivity index (χ0n) is 12.2. The molecule has 0 saturated carbocycles. The average Bonchev–Trinajstić information content (AvgIpc) is 2.84. The van der Waals surface area contributed by atoms with E-state index in [4.69, 9.17) is 11.6 Å². The van der Waals surface area contributed by atoms with Gasteiger partial charge in [0.1, 0.15) is 0 Å². The topological polar surface area (TPSA) is 29.1 Å². The fourth-order valence-electron chi connectivity index (χ4n) is 2.51. The number of carbonyl (C=O) groups is 1. The van der Waals surface area contributed by atoms with Gasteiger partial charge in [-0.2, -0.15) is 0 Å². The molecule has 1 amide bonds. The summed E-state index contributed by atoms with van der Waals surface area (Å²) in [5.41, 5.74) is 4.72. The number of benzene rings is 2. The van der Waals surface area contributed by atoms with E-state index >= 15 is 0 Å². The van der Waals surface area contributed by atoms with E-state index in [0.29, 0.717) is 11.5 Å². The number of hydrogen-bond acceptors (Lipinski definition) is 2. The highest BCUT2D eigenvalue weighted by Gasteiger charge is 2.24. The van der Waals surface area contributed by atoms with Gasteiger partial charge in [0.2, 0.25) is 0 Å². The molecular formula is C18H16ClNOS. The smallest absolute Gasteiger partial charge is 0.256 e. The van der Waals surface area contributed by atoms with Crippen LogP contribution in [0.5, 0.6) is 0 Å². The van der Waals surface area contributed by atoms with Crippen molar-refractivity contribution in [3.63, 3.8) is 0 Å². The van der Waals surface area contributed by atoms with Gasteiger partial charge in [-0.15, -0.1) is 23.4 Å². The molecule has 0 aromatic heterocycles. The maximum absolute atomic E-state index is 12.2. The Morgan fingerprint density at radius 2 is 1.95 bits per heavy atom. The summed E-state index contributed by atoms with van der Waals surface area (Å²) in [4.78, 5) is 13.4. The van der Waals surface area contributed by atoms with Gasteiger partial charge in [-0.1, -0.05) is 18.2 Å². The second-order valence-electron chi connectivity index (χ2n) is 5.10. The van der Waals surface area contributed by atoms with E-state index < -0.39 is 0 Å². The molecule has 1 aliphatic rings. The van der Waals surface area contributed by atoms with Crippen molar-refractivity contribution in [3.8, 4) is 0 Å². The molecule has 2 aromatic rings. The van der Waals surface area contributed by atoms with E-state index in [1.54, 1.807) is 11.8 Å². The van der Waals surface area contributed by atoms with Crippen molar-refractivity contribution in [2.75, 3.05) is 17.5 Å². The number of rotatable bonds is 4. The first-order valence-corrected chi connectivity index (χ1v) is 8.83. The quantitative estimate of drug-likeness (QED) is 0.501. The Balaban J connectivity index is 1.98. The molecule has 0 atom stereocenters. The van der Waals surface area contributed by atoms with E-state index in [9.17, 15) is 4.79 Å². The van der Waals surface area contributed by atoms with Crippen molar-refractivity contribution in [2.45, 2.75) is 11.3 Å². The fraction of sp³-hybridized carbons (Fsp3) is 0.167. The van der Waals surface area contributed by atoms with Crippen LogP contribution >= 0.6 is 23.4 Å². The van der Waals surface area contributed by atoms with Crippen LogP contribution in [-0.2, 0) is 11.2 Å². The van der Waals surface area contributed by atoms with Crippen molar-refractivity contribution in [3.05, 3.63) is 59.2 Å². The Kier molecular flexibility index (Phi) is 4.55. The number of carbonyl (C=O) groups excluding carboxylic acids is 1. The molecule has 0 bridgehead atoms. The first-order chi connectivity index (χ1) is 10.7. The summed E-state index contributed by atoms with van der Waals surface area (Å²) >= 11 is 7.52. The molecule has 0 saturated heterocycles. The van der Waals surface area contributed by atoms with Crippen LogP contribution in [0.3, 0.4) is 0 Å². The molecule has 112 valence electrons. The van der Waals surface area contributed by atoms with Crippen LogP contribution in [0.1, 0.15) is 16.7 Å². The van der Waals surface area contributed by atoms with Gasteiger partial charge in [-0.25, -0.2) is 0 Å². The number of alkyl halides is 1. The Morgan fingerprint density at radius 1 is 1.18 bits per heavy atom. The lowest BCUT2D eigenvalue weighted by molar-refractivity contribution is -0.110. The van der Waals surface area contributed by atoms with Gasteiger partial charge in [0.15, 0.2) is 0 Å². The van der Waals surface area contributed by atoms with E-state index in [0.717, 1.165) is 28.8 Å². The third-order valence-electron chi connectivity index (χ3n) is 3.68. The van der Waals surface area contributed by atoms with Crippen LogP contribution in [0.25, 0.3) is 11.6 Å². The Bertz CT molecular complexity index is 737. The van der Waals surface area contributed by atoms with Crippen molar-refractivity contribution in [1.29, 1.82) is 0 Å². The number of amides is 1. The molecule has 3 rings (SSSR count). The summed E-state index contributed by atoms with van der Waals surface area (Å²) in [5, 5.41) is 2.92. The summed E-state index contributed by atoms with van der Waals surface area (Å²) in [6, 6.07) is 14.2. The van der Waals surface area contributed by atoms with Crippen molar-refractivity contribution >= 4 is 46.6 Å². The van der Waals surface area contributed by atoms with Gasteiger partial charge in [0.25, 0.3) is 5.91 Å². The maximum atomic E-state index is 12.2. The largest absolute Gasteiger partial charge is 0.321 e. The first-order valence-electron chi connectivity index (χ1n) is 7.07. The normalized spacial score (nSPS) is 15.0. The average molecular weight is 330 g/mol. The number of thioether (sulfide) groups is 1. The molecule has 1 heterocycles. The van der Waals surface area contributed by atoms with E-state index in [1.807, 2.05) is 36.6 Å². The Hall–Kier alpha value is -1.71. The Morgan fingerprint density at radius 3 is 2.64 bits per heavy atom. The molecule has 1 aliphatic heterocycles. The number of aryl methyl sites for hydroxylation is 1. The van der Waals surface area contributed by atoms with Crippen molar-refractivity contribution < 1.29 is 4.79 Å². The molecule has 2 nitrogen and oxygen atoms in total. The maximum Gasteiger partial charge on any atom is 0.256 e. The van der Waals surface area contributed by atoms with Crippen LogP contribution in [0.4, 0.5) is 5.69 Å². The molecule has 4 heteroatoms. The number of hydrogen-bond donors (Lipinski definition) is 1. The van der Waals surface area contributed by atoms with Crippen LogP contribution in [0, 0.1) is 0 Å². The second-order valence-corrected chi connectivity index (χ2v) is 6.36. The van der Waals surface area contributed by atoms with Gasteiger partial charge in [0.05, 0.1) is 0 Å². The Labute approximate surface area is 139 Å². The predicted molar refractivity (Wildman–Crippen MR) is 95.6 cm³/mol. The molecular weight excluding hydrogens is 314 g/mol. The van der Waals surface area contributed by atoms with E-state index in [-0.39, 0.29) is 5.91 Å². The molecule has 22 heavy (non-hydrogen) atoms. The van der Waals surface area contributed by atoms with Crippen LogP contribution in [0.2, 0.25) is 0 Å². The highest BCUT2D eigenvalue weighted by molar-refractivity contribution is 7.98. The van der Waals surface area contributed by atoms with E-state index in [2.05, 4.69) is 23.5 Å². The summed E-state index contributed by atoms with van der Waals surface area (Å²) < 4.78 is 0. The zero-order valence-corrected chi connectivity index (χ0v) is 13.8. The monoisotopic (exact) mass is 329 g/mol. The minimum atomic E-state index is -0.0491. The van der Waals surface area contributed by atoms with Gasteiger partial charge >= 0.3 is 0 Å². The standard InChI is InChI=1S/C18H16ClNOS/c1-22-14-5-2-12(3-6-14)11-16-15-10-13(8-9-19)4-7-17(15)20-18(16)21/h2-7,10-11H,8-9H2,1H3,(H,20,21). The highest BCUT2D eigenvalue weighted by atomic mass is 35.5. The molecule has 1 N–H and O–H groups in total. The SMILES string of the molecule is CSc1ccc(C=C2C(=O)Nc3ccc(CCCl)cc32)cc1. The summed E-state index contributed by atoms with van der Waals surface area (Å²) in [6.07, 6.45) is 4.79. The minimum Gasteiger partial charge on any atom is -0.321 e. The number of nitrogens with one attached hydrogen (secondary N) is 1. The number of fused-ring (bicyclic) bond motifs is 1. The lowest BCUT2D eigenvalue weighted by atomic mass is 10.0. The van der Waals surface area contributed by atoms with Gasteiger partial charge in [0, 0.05) is 27.6 Å². The van der Waals surface area contributed by atoms with Gasteiger partial charge in [-0.05, 0) is 54.1 Å². The highest BCUT2D eigenvalue weighted by Crippen LogP contribution is 2.34. The van der Waals surface area contributed by atoms with Crippen molar-refractivity contribution in [2.24, 2.45) is 0 Å². The summed E-state index contributed by atoms with van der Waals surface area (Å²) in [5.74, 6) is 0.530. The van der Waals surface area contributed by atoms with Crippen molar-refractivity contribution in [1.82, 2.24) is 0 Å². The summed E-state index contributed by atoms with van der Waals surface area (Å²) in [7, 11) is 0. The fourth-order valence-corrected chi connectivity index (χ4v) is 3.14. The first kappa shape index (κ1) is 15.2. The molecule has 0 fully saturated rings. The lowest BCUT2D eigenvalue weighted by Gasteiger charge is -2.03. The van der Waals surface area contributed by atoms with Crippen LogP contribution < -0.4 is 5.32 Å². The minimum absolute atomic E-state index is 0.0491. The molecule has 0 unspecified atom stereocenters. The van der Waals surface area contributed by atoms with Crippen LogP contribution in [0.15, 0.2) is 47.4 Å². The summed E-state index contributed by atoms with van der Waals surface area (Å²) in [6.45, 7) is 0. The molecule has 2 aromatic carbocycles. The van der Waals surface area contributed by atoms with Gasteiger partial charge in [-0.3, -0.25) is 4.79 Å². The number of halogens is 1. The molecule has 0 aliphatic carbocycles.